The third-order valence-corrected chi connectivity index (χ3v) is 4.03. The first kappa shape index (κ1) is 19.3. The van der Waals surface area contributed by atoms with Crippen molar-refractivity contribution in [1.29, 1.82) is 0 Å². The molecule has 1 aromatic heterocycles. The molecule has 0 bridgehead atoms. The molecular formula is C21H23N3O4. The van der Waals surface area contributed by atoms with E-state index in [9.17, 15) is 4.79 Å². The Kier molecular flexibility index (Phi) is 6.51. The SMILES string of the molecule is CCOc1cc(C(=O)Nc2ccccc2OCCn2ccnc2)ccc1OC. The first-order valence-electron chi connectivity index (χ1n) is 9.01. The highest BCUT2D eigenvalue weighted by Crippen LogP contribution is 2.29. The van der Waals surface area contributed by atoms with Crippen LogP contribution >= 0.6 is 0 Å². The van der Waals surface area contributed by atoms with Crippen LogP contribution in [0.5, 0.6) is 17.2 Å². The molecule has 0 unspecified atom stereocenters. The molecule has 0 saturated carbocycles. The molecule has 0 fully saturated rings. The van der Waals surface area contributed by atoms with Gasteiger partial charge in [0.2, 0.25) is 0 Å². The number of para-hydroxylation sites is 2. The Morgan fingerprint density at radius 3 is 2.71 bits per heavy atom. The van der Waals surface area contributed by atoms with Crippen LogP contribution in [0.15, 0.2) is 61.2 Å². The highest BCUT2D eigenvalue weighted by Gasteiger charge is 2.13. The van der Waals surface area contributed by atoms with Gasteiger partial charge in [0, 0.05) is 18.0 Å². The number of nitrogens with zero attached hydrogens (tertiary/aromatic N) is 2. The quantitative estimate of drug-likeness (QED) is 0.613. The van der Waals surface area contributed by atoms with Gasteiger partial charge in [-0.2, -0.15) is 0 Å². The molecule has 3 rings (SSSR count). The number of hydrogen-bond acceptors (Lipinski definition) is 5. The average molecular weight is 381 g/mol. The smallest absolute Gasteiger partial charge is 0.255 e. The van der Waals surface area contributed by atoms with E-state index in [4.69, 9.17) is 14.2 Å². The summed E-state index contributed by atoms with van der Waals surface area (Å²) in [4.78, 5) is 16.7. The zero-order valence-corrected chi connectivity index (χ0v) is 15.9. The summed E-state index contributed by atoms with van der Waals surface area (Å²) < 4.78 is 18.6. The lowest BCUT2D eigenvalue weighted by Gasteiger charge is -2.14. The molecule has 0 aliphatic heterocycles. The van der Waals surface area contributed by atoms with Gasteiger partial charge in [-0.15, -0.1) is 0 Å². The third-order valence-electron chi connectivity index (χ3n) is 4.03. The van der Waals surface area contributed by atoms with E-state index in [-0.39, 0.29) is 5.91 Å². The molecule has 7 heteroatoms. The minimum atomic E-state index is -0.255. The number of methoxy groups -OCH3 is 1. The van der Waals surface area contributed by atoms with E-state index in [1.54, 1.807) is 43.9 Å². The number of ether oxygens (including phenoxy) is 3. The molecule has 0 atom stereocenters. The zero-order valence-electron chi connectivity index (χ0n) is 15.9. The fourth-order valence-corrected chi connectivity index (χ4v) is 2.66. The minimum Gasteiger partial charge on any atom is -0.493 e. The lowest BCUT2D eigenvalue weighted by atomic mass is 10.1. The highest BCUT2D eigenvalue weighted by molar-refractivity contribution is 6.05. The van der Waals surface area contributed by atoms with Crippen molar-refractivity contribution in [2.24, 2.45) is 0 Å². The number of amides is 1. The van der Waals surface area contributed by atoms with E-state index in [0.717, 1.165) is 0 Å². The Morgan fingerprint density at radius 2 is 1.96 bits per heavy atom. The summed E-state index contributed by atoms with van der Waals surface area (Å²) >= 11 is 0. The predicted octanol–water partition coefficient (Wildman–Crippen LogP) is 3.62. The number of nitrogens with one attached hydrogen (secondary N) is 1. The van der Waals surface area contributed by atoms with Gasteiger partial charge in [-0.3, -0.25) is 4.79 Å². The molecule has 1 N–H and O–H groups in total. The van der Waals surface area contributed by atoms with Gasteiger partial charge in [-0.1, -0.05) is 12.1 Å². The molecule has 1 heterocycles. The second-order valence-corrected chi connectivity index (χ2v) is 5.90. The third kappa shape index (κ3) is 4.82. The van der Waals surface area contributed by atoms with Crippen molar-refractivity contribution in [2.45, 2.75) is 13.5 Å². The van der Waals surface area contributed by atoms with Crippen LogP contribution in [0.2, 0.25) is 0 Å². The fourth-order valence-electron chi connectivity index (χ4n) is 2.66. The van der Waals surface area contributed by atoms with Gasteiger partial charge in [0.05, 0.1) is 32.3 Å². The number of benzene rings is 2. The molecule has 2 aromatic carbocycles. The summed E-state index contributed by atoms with van der Waals surface area (Å²) in [5.74, 6) is 1.47. The molecular weight excluding hydrogens is 358 g/mol. The second kappa shape index (κ2) is 9.45. The van der Waals surface area contributed by atoms with E-state index < -0.39 is 0 Å². The predicted molar refractivity (Wildman–Crippen MR) is 106 cm³/mol. The van der Waals surface area contributed by atoms with Crippen molar-refractivity contribution in [2.75, 3.05) is 25.6 Å². The van der Waals surface area contributed by atoms with Gasteiger partial charge >= 0.3 is 0 Å². The minimum absolute atomic E-state index is 0.255. The maximum absolute atomic E-state index is 12.7. The Morgan fingerprint density at radius 1 is 1.11 bits per heavy atom. The van der Waals surface area contributed by atoms with Crippen molar-refractivity contribution in [3.63, 3.8) is 0 Å². The van der Waals surface area contributed by atoms with Gasteiger partial charge in [0.1, 0.15) is 12.4 Å². The molecule has 28 heavy (non-hydrogen) atoms. The summed E-state index contributed by atoms with van der Waals surface area (Å²) in [6.07, 6.45) is 5.33. The van der Waals surface area contributed by atoms with Crippen LogP contribution < -0.4 is 19.5 Å². The van der Waals surface area contributed by atoms with Crippen molar-refractivity contribution in [1.82, 2.24) is 9.55 Å². The number of rotatable bonds is 9. The second-order valence-electron chi connectivity index (χ2n) is 5.90. The first-order chi connectivity index (χ1) is 13.7. The zero-order chi connectivity index (χ0) is 19.8. The van der Waals surface area contributed by atoms with Gasteiger partial charge in [0.25, 0.3) is 5.91 Å². The van der Waals surface area contributed by atoms with Crippen LogP contribution in [0.1, 0.15) is 17.3 Å². The molecule has 0 aliphatic rings. The van der Waals surface area contributed by atoms with Gasteiger partial charge in [-0.25, -0.2) is 4.98 Å². The number of imidazole rings is 1. The summed E-state index contributed by atoms with van der Waals surface area (Å²) in [7, 11) is 1.56. The van der Waals surface area contributed by atoms with E-state index in [1.165, 1.54) is 0 Å². The Labute approximate surface area is 163 Å². The molecule has 1 amide bonds. The molecule has 0 spiro atoms. The van der Waals surface area contributed by atoms with Gasteiger partial charge < -0.3 is 24.1 Å². The van der Waals surface area contributed by atoms with Crippen LogP contribution in [-0.2, 0) is 6.54 Å². The summed E-state index contributed by atoms with van der Waals surface area (Å²) in [6.45, 7) is 3.48. The molecule has 3 aromatic rings. The van der Waals surface area contributed by atoms with Gasteiger partial charge in [-0.05, 0) is 37.3 Å². The van der Waals surface area contributed by atoms with Crippen LogP contribution in [0.25, 0.3) is 0 Å². The average Bonchev–Trinajstić information content (AvgIpc) is 3.23. The molecule has 0 aliphatic carbocycles. The largest absolute Gasteiger partial charge is 0.493 e. The number of carbonyl (C=O) groups is 1. The van der Waals surface area contributed by atoms with Crippen LogP contribution in [0.4, 0.5) is 5.69 Å². The number of aromatic nitrogens is 2. The standard InChI is InChI=1S/C21H23N3O4/c1-3-27-20-14-16(8-9-19(20)26-2)21(25)23-17-6-4-5-7-18(17)28-13-12-24-11-10-22-15-24/h4-11,14-15H,3,12-13H2,1-2H3,(H,23,25). The topological polar surface area (TPSA) is 74.6 Å². The Bertz CT molecular complexity index is 910. The van der Waals surface area contributed by atoms with E-state index in [0.29, 0.717) is 48.3 Å². The van der Waals surface area contributed by atoms with Crippen molar-refractivity contribution in [3.05, 3.63) is 66.7 Å². The highest BCUT2D eigenvalue weighted by atomic mass is 16.5. The molecule has 146 valence electrons. The fraction of sp³-hybridized carbons (Fsp3) is 0.238. The maximum atomic E-state index is 12.7. The van der Waals surface area contributed by atoms with Gasteiger partial charge in [0.15, 0.2) is 11.5 Å². The van der Waals surface area contributed by atoms with Crippen LogP contribution in [0.3, 0.4) is 0 Å². The number of hydrogen-bond donors (Lipinski definition) is 1. The van der Waals surface area contributed by atoms with Crippen molar-refractivity contribution in [3.8, 4) is 17.2 Å². The van der Waals surface area contributed by atoms with E-state index >= 15 is 0 Å². The lowest BCUT2D eigenvalue weighted by Crippen LogP contribution is -2.14. The van der Waals surface area contributed by atoms with Crippen molar-refractivity contribution < 1.29 is 19.0 Å². The molecule has 0 saturated heterocycles. The Balaban J connectivity index is 1.69. The summed E-state index contributed by atoms with van der Waals surface area (Å²) in [6, 6.07) is 12.4. The molecule has 7 nitrogen and oxygen atoms in total. The Hall–Kier alpha value is -3.48. The summed E-state index contributed by atoms with van der Waals surface area (Å²) in [5.41, 5.74) is 1.07. The monoisotopic (exact) mass is 381 g/mol. The number of carbonyl (C=O) groups excluding carboxylic acids is 1. The van der Waals surface area contributed by atoms with E-state index in [1.807, 2.05) is 35.9 Å². The normalized spacial score (nSPS) is 10.4. The maximum Gasteiger partial charge on any atom is 0.255 e. The van der Waals surface area contributed by atoms with E-state index in [2.05, 4.69) is 10.3 Å². The van der Waals surface area contributed by atoms with Crippen molar-refractivity contribution >= 4 is 11.6 Å². The number of anilines is 1. The van der Waals surface area contributed by atoms with Crippen LogP contribution in [-0.4, -0.2) is 35.8 Å². The first-order valence-corrected chi connectivity index (χ1v) is 9.01. The summed E-state index contributed by atoms with van der Waals surface area (Å²) in [5, 5.41) is 2.90. The molecule has 0 radical (unpaired) electrons. The lowest BCUT2D eigenvalue weighted by molar-refractivity contribution is 0.102. The van der Waals surface area contributed by atoms with Crippen LogP contribution in [0, 0.1) is 0 Å².